The van der Waals surface area contributed by atoms with Gasteiger partial charge in [0.2, 0.25) is 6.79 Å². The van der Waals surface area contributed by atoms with Crippen molar-refractivity contribution in [3.8, 4) is 0 Å². The molecule has 0 spiro atoms. The molecule has 0 radical (unpaired) electrons. The highest BCUT2D eigenvalue weighted by Gasteiger charge is 2.20. The molecule has 0 aromatic rings. The third-order valence-corrected chi connectivity index (χ3v) is 1.55. The minimum absolute atomic E-state index is 0.197. The number of rotatable bonds is 1. The summed E-state index contributed by atoms with van der Waals surface area (Å²) in [4.78, 5) is 9.54. The predicted octanol–water partition coefficient (Wildman–Crippen LogP) is 2.59. The number of allylic oxidation sites excluding steroid dienone is 2. The summed E-state index contributed by atoms with van der Waals surface area (Å²) in [7, 11) is 0. The molecular formula is C9H16O3. The molecule has 70 valence electrons. The highest BCUT2D eigenvalue weighted by molar-refractivity contribution is 5.01. The van der Waals surface area contributed by atoms with E-state index in [0.29, 0.717) is 0 Å². The van der Waals surface area contributed by atoms with Crippen molar-refractivity contribution in [2.75, 3.05) is 6.79 Å². The first kappa shape index (κ1) is 9.39. The number of hydrogen-bond acceptors (Lipinski definition) is 3. The third kappa shape index (κ3) is 2.74. The van der Waals surface area contributed by atoms with Gasteiger partial charge in [0.15, 0.2) is 5.76 Å². The van der Waals surface area contributed by atoms with Crippen LogP contribution in [0.5, 0.6) is 0 Å². The highest BCUT2D eigenvalue weighted by Crippen LogP contribution is 2.28. The molecule has 0 saturated carbocycles. The third-order valence-electron chi connectivity index (χ3n) is 1.55. The van der Waals surface area contributed by atoms with E-state index in [1.807, 2.05) is 6.92 Å². The second kappa shape index (κ2) is 3.35. The van der Waals surface area contributed by atoms with E-state index in [4.69, 9.17) is 9.62 Å². The van der Waals surface area contributed by atoms with E-state index in [2.05, 4.69) is 25.7 Å². The minimum atomic E-state index is 0.197. The van der Waals surface area contributed by atoms with E-state index in [1.54, 1.807) is 0 Å². The zero-order chi connectivity index (χ0) is 9.19. The van der Waals surface area contributed by atoms with E-state index < -0.39 is 0 Å². The molecule has 0 unspecified atom stereocenters. The maximum Gasteiger partial charge on any atom is 0.232 e. The molecule has 12 heavy (non-hydrogen) atoms. The summed E-state index contributed by atoms with van der Waals surface area (Å²) in [5.74, 6) is 1.63. The highest BCUT2D eigenvalue weighted by atomic mass is 17.2. The Morgan fingerprint density at radius 3 is 2.50 bits per heavy atom. The first-order valence-electron chi connectivity index (χ1n) is 4.11. The van der Waals surface area contributed by atoms with Gasteiger partial charge in [-0.2, -0.15) is 0 Å². The summed E-state index contributed by atoms with van der Waals surface area (Å²) in [6.45, 7) is 8.52. The molecule has 3 heteroatoms. The zero-order valence-corrected chi connectivity index (χ0v) is 8.14. The van der Waals surface area contributed by atoms with Gasteiger partial charge in [-0.15, -0.1) is 4.89 Å². The Bertz CT molecular complexity index is 188. The van der Waals surface area contributed by atoms with Gasteiger partial charge in [0.25, 0.3) is 0 Å². The molecule has 0 fully saturated rings. The van der Waals surface area contributed by atoms with E-state index >= 15 is 0 Å². The van der Waals surface area contributed by atoms with Crippen LogP contribution in [0.1, 0.15) is 34.1 Å². The van der Waals surface area contributed by atoms with Crippen LogP contribution in [0.25, 0.3) is 0 Å². The van der Waals surface area contributed by atoms with Crippen LogP contribution in [-0.2, 0) is 14.5 Å². The van der Waals surface area contributed by atoms with Gasteiger partial charge < -0.3 is 9.62 Å². The molecule has 0 N–H and O–H groups in total. The fraction of sp³-hybridized carbons (Fsp3) is 0.778. The Hall–Kier alpha value is -0.700. The summed E-state index contributed by atoms with van der Waals surface area (Å²) in [5, 5.41) is 0. The van der Waals surface area contributed by atoms with Gasteiger partial charge in [0.1, 0.15) is 5.76 Å². The molecule has 0 aromatic heterocycles. The lowest BCUT2D eigenvalue weighted by Crippen LogP contribution is -2.15. The molecule has 1 rings (SSSR count). The Kier molecular flexibility index (Phi) is 2.62. The lowest BCUT2D eigenvalue weighted by molar-refractivity contribution is -0.326. The molecular weight excluding hydrogens is 156 g/mol. The summed E-state index contributed by atoms with van der Waals surface area (Å²) < 4.78 is 5.30. The molecule has 0 aliphatic carbocycles. The second-order valence-corrected chi connectivity index (χ2v) is 4.18. The maximum atomic E-state index is 5.30. The van der Waals surface area contributed by atoms with Crippen LogP contribution < -0.4 is 0 Å². The average molecular weight is 172 g/mol. The molecule has 0 saturated heterocycles. The van der Waals surface area contributed by atoms with Crippen LogP contribution in [0.15, 0.2) is 11.5 Å². The Morgan fingerprint density at radius 2 is 2.00 bits per heavy atom. The van der Waals surface area contributed by atoms with Crippen molar-refractivity contribution < 1.29 is 14.5 Å². The van der Waals surface area contributed by atoms with Crippen molar-refractivity contribution in [1.29, 1.82) is 0 Å². The SMILES string of the molecule is CC1=C(CC(C)(C)C)OCOO1. The van der Waals surface area contributed by atoms with E-state index in [1.165, 1.54) is 0 Å². The maximum absolute atomic E-state index is 5.30. The molecule has 0 bridgehead atoms. The first-order valence-corrected chi connectivity index (χ1v) is 4.11. The van der Waals surface area contributed by atoms with Crippen LogP contribution in [0, 0.1) is 5.41 Å². The molecule has 0 atom stereocenters. The molecule has 0 aromatic carbocycles. The first-order chi connectivity index (χ1) is 5.49. The lowest BCUT2D eigenvalue weighted by Gasteiger charge is -2.24. The molecule has 3 nitrogen and oxygen atoms in total. The number of hydrogen-bond donors (Lipinski definition) is 0. The van der Waals surface area contributed by atoms with Gasteiger partial charge in [-0.3, -0.25) is 0 Å². The molecule has 1 aliphatic heterocycles. The van der Waals surface area contributed by atoms with Crippen molar-refractivity contribution in [3.63, 3.8) is 0 Å². The van der Waals surface area contributed by atoms with E-state index in [-0.39, 0.29) is 12.2 Å². The number of ether oxygens (including phenoxy) is 1. The Balaban J connectivity index is 2.61. The molecule has 0 amide bonds. The van der Waals surface area contributed by atoms with Gasteiger partial charge in [-0.1, -0.05) is 20.8 Å². The summed E-state index contributed by atoms with van der Waals surface area (Å²) >= 11 is 0. The van der Waals surface area contributed by atoms with Crippen molar-refractivity contribution >= 4 is 0 Å². The molecule has 1 heterocycles. The summed E-state index contributed by atoms with van der Waals surface area (Å²) in [6, 6.07) is 0. The Morgan fingerprint density at radius 1 is 1.33 bits per heavy atom. The van der Waals surface area contributed by atoms with Gasteiger partial charge in [0, 0.05) is 13.3 Å². The van der Waals surface area contributed by atoms with Crippen LogP contribution in [-0.4, -0.2) is 6.79 Å². The lowest BCUT2D eigenvalue weighted by atomic mass is 9.91. The predicted molar refractivity (Wildman–Crippen MR) is 44.9 cm³/mol. The second-order valence-electron chi connectivity index (χ2n) is 4.18. The van der Waals surface area contributed by atoms with Crippen molar-refractivity contribution in [2.24, 2.45) is 5.41 Å². The smallest absolute Gasteiger partial charge is 0.232 e. The largest absolute Gasteiger partial charge is 0.464 e. The van der Waals surface area contributed by atoms with Gasteiger partial charge in [-0.25, -0.2) is 0 Å². The van der Waals surface area contributed by atoms with Gasteiger partial charge >= 0.3 is 0 Å². The summed E-state index contributed by atoms with van der Waals surface area (Å²) in [5.41, 5.74) is 0.220. The minimum Gasteiger partial charge on any atom is -0.464 e. The molecule has 1 aliphatic rings. The van der Waals surface area contributed by atoms with Crippen LogP contribution >= 0.6 is 0 Å². The van der Waals surface area contributed by atoms with Gasteiger partial charge in [-0.05, 0) is 5.41 Å². The summed E-state index contributed by atoms with van der Waals surface area (Å²) in [6.07, 6.45) is 0.877. The standard InChI is InChI=1S/C9H16O3/c1-7-8(5-9(2,3)4)10-6-11-12-7/h5-6H2,1-4H3. The fourth-order valence-electron chi connectivity index (χ4n) is 1.01. The fourth-order valence-corrected chi connectivity index (χ4v) is 1.01. The van der Waals surface area contributed by atoms with Crippen LogP contribution in [0.2, 0.25) is 0 Å². The Labute approximate surface area is 73.2 Å². The normalized spacial score (nSPS) is 18.7. The van der Waals surface area contributed by atoms with E-state index in [0.717, 1.165) is 17.9 Å². The quantitative estimate of drug-likeness (QED) is 0.569. The zero-order valence-electron chi connectivity index (χ0n) is 8.14. The average Bonchev–Trinajstić information content (AvgIpc) is 1.91. The van der Waals surface area contributed by atoms with E-state index in [9.17, 15) is 0 Å². The van der Waals surface area contributed by atoms with Crippen LogP contribution in [0.4, 0.5) is 0 Å². The van der Waals surface area contributed by atoms with Crippen molar-refractivity contribution in [3.05, 3.63) is 11.5 Å². The topological polar surface area (TPSA) is 27.7 Å². The van der Waals surface area contributed by atoms with Crippen molar-refractivity contribution in [1.82, 2.24) is 0 Å². The van der Waals surface area contributed by atoms with Crippen molar-refractivity contribution in [2.45, 2.75) is 34.1 Å². The van der Waals surface area contributed by atoms with Gasteiger partial charge in [0.05, 0.1) is 0 Å². The van der Waals surface area contributed by atoms with Crippen LogP contribution in [0.3, 0.4) is 0 Å². The monoisotopic (exact) mass is 172 g/mol.